The highest BCUT2D eigenvalue weighted by molar-refractivity contribution is 5.95. The van der Waals surface area contributed by atoms with Crippen molar-refractivity contribution in [1.29, 1.82) is 10.5 Å². The fraction of sp³-hybridized carbons (Fsp3) is 0.333. The molecule has 1 saturated carbocycles. The van der Waals surface area contributed by atoms with E-state index in [1.165, 1.54) is 12.8 Å². The zero-order valence-corrected chi connectivity index (χ0v) is 23.9. The van der Waals surface area contributed by atoms with Crippen LogP contribution in [0.25, 0.3) is 11.3 Å². The van der Waals surface area contributed by atoms with Gasteiger partial charge in [-0.15, -0.1) is 0 Å². The van der Waals surface area contributed by atoms with E-state index in [4.69, 9.17) is 10.2 Å². The molecule has 10 heteroatoms. The smallest absolute Gasteiger partial charge is 0.254 e. The Hall–Kier alpha value is -5.22. The normalized spacial score (nSPS) is 16.0. The van der Waals surface area contributed by atoms with Crippen molar-refractivity contribution in [2.75, 3.05) is 36.4 Å². The molecule has 0 radical (unpaired) electrons. The number of anilines is 3. The summed E-state index contributed by atoms with van der Waals surface area (Å²) in [6.45, 7) is 2.69. The van der Waals surface area contributed by atoms with Crippen LogP contribution in [0.15, 0.2) is 73.2 Å². The van der Waals surface area contributed by atoms with Crippen LogP contribution in [-0.2, 0) is 0 Å². The zero-order chi connectivity index (χ0) is 29.6. The molecule has 216 valence electrons. The number of carbonyl (C=O) groups is 1. The summed E-state index contributed by atoms with van der Waals surface area (Å²) in [4.78, 5) is 26.6. The van der Waals surface area contributed by atoms with Gasteiger partial charge in [-0.25, -0.2) is 9.97 Å². The minimum atomic E-state index is -0.0144. The lowest BCUT2D eigenvalue weighted by molar-refractivity contribution is 0.0747. The van der Waals surface area contributed by atoms with Gasteiger partial charge in [0.05, 0.1) is 42.1 Å². The number of nitrogens with zero attached hydrogens (tertiary/aromatic N) is 8. The maximum atomic E-state index is 13.4. The van der Waals surface area contributed by atoms with Crippen molar-refractivity contribution >= 4 is 23.2 Å². The van der Waals surface area contributed by atoms with Crippen LogP contribution in [0.3, 0.4) is 0 Å². The first-order valence-corrected chi connectivity index (χ1v) is 14.8. The van der Waals surface area contributed by atoms with E-state index in [1.807, 2.05) is 70.4 Å². The Morgan fingerprint density at radius 2 is 1.81 bits per heavy atom. The van der Waals surface area contributed by atoms with Crippen LogP contribution < -0.4 is 10.2 Å². The molecule has 2 aromatic carbocycles. The molecule has 1 unspecified atom stereocenters. The average molecular weight is 572 g/mol. The van der Waals surface area contributed by atoms with Crippen molar-refractivity contribution in [2.45, 2.75) is 38.1 Å². The van der Waals surface area contributed by atoms with Crippen LogP contribution in [0.2, 0.25) is 0 Å². The quantitative estimate of drug-likeness (QED) is 0.291. The summed E-state index contributed by atoms with van der Waals surface area (Å²) >= 11 is 0. The van der Waals surface area contributed by atoms with E-state index in [1.54, 1.807) is 12.4 Å². The van der Waals surface area contributed by atoms with Gasteiger partial charge in [-0.1, -0.05) is 18.9 Å². The third kappa shape index (κ3) is 6.34. The molecular weight excluding hydrogens is 538 g/mol. The summed E-state index contributed by atoms with van der Waals surface area (Å²) in [6, 6.07) is 21.4. The minimum absolute atomic E-state index is 0.0144. The number of amides is 1. The third-order valence-electron chi connectivity index (χ3n) is 8.43. The van der Waals surface area contributed by atoms with Gasteiger partial charge in [-0.05, 0) is 67.3 Å². The highest BCUT2D eigenvalue weighted by Gasteiger charge is 2.27. The molecule has 10 nitrogen and oxygen atoms in total. The Bertz CT molecular complexity index is 1650. The molecule has 1 saturated heterocycles. The number of aromatic nitrogens is 4. The molecule has 0 bridgehead atoms. The molecule has 1 aliphatic carbocycles. The van der Waals surface area contributed by atoms with Crippen LogP contribution in [0, 0.1) is 28.6 Å². The summed E-state index contributed by atoms with van der Waals surface area (Å²) in [5.41, 5.74) is 4.63. The van der Waals surface area contributed by atoms with Gasteiger partial charge in [0.25, 0.3) is 5.91 Å². The molecule has 4 aromatic rings. The average Bonchev–Trinajstić information content (AvgIpc) is 3.77. The predicted octanol–water partition coefficient (Wildman–Crippen LogP) is 5.56. The van der Waals surface area contributed by atoms with Gasteiger partial charge in [0.15, 0.2) is 0 Å². The van der Waals surface area contributed by atoms with Crippen molar-refractivity contribution in [3.05, 3.63) is 84.3 Å². The van der Waals surface area contributed by atoms with E-state index in [9.17, 15) is 10.1 Å². The van der Waals surface area contributed by atoms with Gasteiger partial charge in [-0.2, -0.15) is 15.6 Å². The SMILES string of the molecule is N#CCC(C1CCCC1)n1cc(-c2ccnc(Nc3cccc(C(=O)N4CCN(c5ccc(C#N)cc5)CC4)c3)n2)cn1. The Morgan fingerprint density at radius 1 is 1.02 bits per heavy atom. The van der Waals surface area contributed by atoms with Crippen molar-refractivity contribution < 1.29 is 4.79 Å². The van der Waals surface area contributed by atoms with Crippen LogP contribution in [0.1, 0.15) is 54.1 Å². The molecule has 1 N–H and O–H groups in total. The van der Waals surface area contributed by atoms with E-state index in [2.05, 4.69) is 32.4 Å². The molecule has 43 heavy (non-hydrogen) atoms. The Kier molecular flexibility index (Phi) is 8.28. The number of rotatable bonds is 8. The number of carbonyl (C=O) groups excluding carboxylic acids is 1. The summed E-state index contributed by atoms with van der Waals surface area (Å²) in [6.07, 6.45) is 10.6. The summed E-state index contributed by atoms with van der Waals surface area (Å²) < 4.78 is 1.93. The van der Waals surface area contributed by atoms with E-state index < -0.39 is 0 Å². The van der Waals surface area contributed by atoms with Crippen molar-refractivity contribution in [1.82, 2.24) is 24.6 Å². The molecule has 2 aromatic heterocycles. The Balaban J connectivity index is 1.10. The van der Waals surface area contributed by atoms with Gasteiger partial charge in [0.1, 0.15) is 0 Å². The molecule has 0 spiro atoms. The zero-order valence-electron chi connectivity index (χ0n) is 23.9. The second-order valence-corrected chi connectivity index (χ2v) is 11.1. The molecule has 2 aliphatic rings. The van der Waals surface area contributed by atoms with E-state index in [0.717, 1.165) is 48.6 Å². The van der Waals surface area contributed by atoms with Gasteiger partial charge in [0.2, 0.25) is 5.95 Å². The summed E-state index contributed by atoms with van der Waals surface area (Å²) in [5.74, 6) is 0.895. The molecule has 3 heterocycles. The minimum Gasteiger partial charge on any atom is -0.368 e. The number of piperazine rings is 1. The van der Waals surface area contributed by atoms with E-state index in [0.29, 0.717) is 42.5 Å². The monoisotopic (exact) mass is 571 g/mol. The topological polar surface area (TPSA) is 127 Å². The maximum Gasteiger partial charge on any atom is 0.254 e. The first-order valence-electron chi connectivity index (χ1n) is 14.8. The van der Waals surface area contributed by atoms with Crippen molar-refractivity contribution in [3.63, 3.8) is 0 Å². The van der Waals surface area contributed by atoms with Gasteiger partial charge in [0, 0.05) is 61.1 Å². The fourth-order valence-corrected chi connectivity index (χ4v) is 6.10. The highest BCUT2D eigenvalue weighted by Crippen LogP contribution is 2.36. The lowest BCUT2D eigenvalue weighted by Crippen LogP contribution is -2.48. The highest BCUT2D eigenvalue weighted by atomic mass is 16.2. The summed E-state index contributed by atoms with van der Waals surface area (Å²) in [7, 11) is 0. The fourth-order valence-electron chi connectivity index (χ4n) is 6.10. The second-order valence-electron chi connectivity index (χ2n) is 11.1. The van der Waals surface area contributed by atoms with Crippen LogP contribution >= 0.6 is 0 Å². The maximum absolute atomic E-state index is 13.4. The Labute approximate surface area is 251 Å². The van der Waals surface area contributed by atoms with Gasteiger partial charge < -0.3 is 15.1 Å². The predicted molar refractivity (Wildman–Crippen MR) is 163 cm³/mol. The number of nitriles is 2. The molecule has 1 amide bonds. The number of nitrogens with one attached hydrogen (secondary N) is 1. The van der Waals surface area contributed by atoms with E-state index >= 15 is 0 Å². The van der Waals surface area contributed by atoms with Crippen LogP contribution in [0.5, 0.6) is 0 Å². The summed E-state index contributed by atoms with van der Waals surface area (Å²) in [5, 5.41) is 26.3. The Morgan fingerprint density at radius 3 is 2.56 bits per heavy atom. The molecule has 6 rings (SSSR count). The molecule has 1 aliphatic heterocycles. The first kappa shape index (κ1) is 27.9. The van der Waals surface area contributed by atoms with Gasteiger partial charge >= 0.3 is 0 Å². The first-order chi connectivity index (χ1) is 21.1. The number of hydrogen-bond donors (Lipinski definition) is 1. The third-order valence-corrected chi connectivity index (χ3v) is 8.43. The van der Waals surface area contributed by atoms with Crippen LogP contribution in [-0.4, -0.2) is 56.7 Å². The van der Waals surface area contributed by atoms with Crippen molar-refractivity contribution in [3.8, 4) is 23.4 Å². The number of hydrogen-bond acceptors (Lipinski definition) is 8. The molecule has 1 atom stereocenters. The van der Waals surface area contributed by atoms with E-state index in [-0.39, 0.29) is 11.9 Å². The number of benzene rings is 2. The largest absolute Gasteiger partial charge is 0.368 e. The lowest BCUT2D eigenvalue weighted by atomic mass is 9.96. The molecule has 2 fully saturated rings. The standard InChI is InChI=1S/C33H33N9O/c34-14-12-31(25-4-1-2-5-25)42-23-27(22-37-42)30-13-15-36-33(39-30)38-28-7-3-6-26(20-28)32(43)41-18-16-40(17-19-41)29-10-8-24(21-35)9-11-29/h3,6-11,13,15,20,22-23,25,31H,1-2,4-5,12,16-19H2,(H,36,38,39). The van der Waals surface area contributed by atoms with Gasteiger partial charge in [-0.3, -0.25) is 9.48 Å². The molecular formula is C33H33N9O. The second kappa shape index (κ2) is 12.7. The van der Waals surface area contributed by atoms with Crippen molar-refractivity contribution in [2.24, 2.45) is 5.92 Å². The lowest BCUT2D eigenvalue weighted by Gasteiger charge is -2.36. The van der Waals surface area contributed by atoms with Crippen LogP contribution in [0.4, 0.5) is 17.3 Å².